The van der Waals surface area contributed by atoms with Gasteiger partial charge in [0.15, 0.2) is 5.78 Å². The minimum atomic E-state index is -0.729. The number of benzene rings is 1. The standard InChI is InChI=1S/C18H23NO5/c1-3-24-18(22)15-9-10-19(12-16(15)20)17(21)8-7-13-5-4-6-14(11-13)23-2/h4-6,11,15H,3,7-10,12H2,1-2H3. The van der Waals surface area contributed by atoms with Crippen molar-refractivity contribution in [3.8, 4) is 5.75 Å². The summed E-state index contributed by atoms with van der Waals surface area (Å²) in [6, 6.07) is 7.57. The van der Waals surface area contributed by atoms with Gasteiger partial charge in [-0.3, -0.25) is 14.4 Å². The minimum absolute atomic E-state index is 0.0135. The predicted octanol–water partition coefficient (Wildman–Crippen LogP) is 1.61. The van der Waals surface area contributed by atoms with Crippen molar-refractivity contribution in [2.45, 2.75) is 26.2 Å². The number of hydrogen-bond acceptors (Lipinski definition) is 5. The largest absolute Gasteiger partial charge is 0.497 e. The molecule has 1 aliphatic heterocycles. The summed E-state index contributed by atoms with van der Waals surface area (Å²) in [7, 11) is 1.60. The Kier molecular flexibility index (Phi) is 6.35. The molecule has 0 saturated carbocycles. The highest BCUT2D eigenvalue weighted by molar-refractivity contribution is 6.01. The fourth-order valence-corrected chi connectivity index (χ4v) is 2.77. The third-order valence-corrected chi connectivity index (χ3v) is 4.11. The van der Waals surface area contributed by atoms with Crippen LogP contribution in [0, 0.1) is 5.92 Å². The van der Waals surface area contributed by atoms with Crippen molar-refractivity contribution in [3.63, 3.8) is 0 Å². The van der Waals surface area contributed by atoms with E-state index >= 15 is 0 Å². The number of hydrogen-bond donors (Lipinski definition) is 0. The zero-order chi connectivity index (χ0) is 17.5. The zero-order valence-corrected chi connectivity index (χ0v) is 14.1. The molecule has 0 aromatic heterocycles. The number of ketones is 1. The Labute approximate surface area is 141 Å². The van der Waals surface area contributed by atoms with E-state index in [-0.39, 0.29) is 24.8 Å². The second kappa shape index (κ2) is 8.47. The van der Waals surface area contributed by atoms with Gasteiger partial charge in [-0.2, -0.15) is 0 Å². The van der Waals surface area contributed by atoms with Crippen LogP contribution in [0.25, 0.3) is 0 Å². The van der Waals surface area contributed by atoms with Gasteiger partial charge in [-0.25, -0.2) is 0 Å². The number of nitrogens with zero attached hydrogens (tertiary/aromatic N) is 1. The lowest BCUT2D eigenvalue weighted by Crippen LogP contribution is -2.46. The van der Waals surface area contributed by atoms with E-state index in [4.69, 9.17) is 9.47 Å². The molecule has 2 rings (SSSR count). The molecule has 1 aliphatic rings. The summed E-state index contributed by atoms with van der Waals surface area (Å²) in [5, 5.41) is 0. The molecule has 1 unspecified atom stereocenters. The lowest BCUT2D eigenvalue weighted by Gasteiger charge is -2.29. The summed E-state index contributed by atoms with van der Waals surface area (Å²) in [4.78, 5) is 37.6. The number of carbonyl (C=O) groups excluding carboxylic acids is 3. The summed E-state index contributed by atoms with van der Waals surface area (Å²) >= 11 is 0. The lowest BCUT2D eigenvalue weighted by molar-refractivity contribution is -0.156. The summed E-state index contributed by atoms with van der Waals surface area (Å²) in [6.07, 6.45) is 1.25. The van der Waals surface area contributed by atoms with Gasteiger partial charge < -0.3 is 14.4 Å². The monoisotopic (exact) mass is 333 g/mol. The Morgan fingerprint density at radius 3 is 2.79 bits per heavy atom. The number of carbonyl (C=O) groups is 3. The van der Waals surface area contributed by atoms with Crippen LogP contribution in [0.1, 0.15) is 25.3 Å². The van der Waals surface area contributed by atoms with Crippen molar-refractivity contribution in [1.29, 1.82) is 0 Å². The Bertz CT molecular complexity index is 613. The molecule has 0 aliphatic carbocycles. The highest BCUT2D eigenvalue weighted by Gasteiger charge is 2.34. The van der Waals surface area contributed by atoms with E-state index in [1.165, 1.54) is 4.90 Å². The quantitative estimate of drug-likeness (QED) is 0.584. The van der Waals surface area contributed by atoms with Crippen molar-refractivity contribution < 1.29 is 23.9 Å². The Hall–Kier alpha value is -2.37. The molecule has 1 fully saturated rings. The maximum absolute atomic E-state index is 12.3. The molecule has 1 amide bonds. The first-order chi connectivity index (χ1) is 11.5. The van der Waals surface area contributed by atoms with Gasteiger partial charge in [0.25, 0.3) is 0 Å². The summed E-state index contributed by atoms with van der Waals surface area (Å²) < 4.78 is 10.1. The third-order valence-electron chi connectivity index (χ3n) is 4.11. The first-order valence-corrected chi connectivity index (χ1v) is 8.15. The van der Waals surface area contributed by atoms with Crippen LogP contribution in [-0.4, -0.2) is 49.4 Å². The predicted molar refractivity (Wildman–Crippen MR) is 87.6 cm³/mol. The van der Waals surface area contributed by atoms with Crippen molar-refractivity contribution in [3.05, 3.63) is 29.8 Å². The van der Waals surface area contributed by atoms with Gasteiger partial charge in [-0.05, 0) is 37.5 Å². The van der Waals surface area contributed by atoms with Crippen LogP contribution in [0.15, 0.2) is 24.3 Å². The number of aryl methyl sites for hydroxylation is 1. The first kappa shape index (κ1) is 18.0. The number of Topliss-reactive ketones (excluding diaryl/α,β-unsaturated/α-hetero) is 1. The SMILES string of the molecule is CCOC(=O)C1CCN(C(=O)CCc2cccc(OC)c2)CC1=O. The molecule has 130 valence electrons. The molecule has 1 atom stereocenters. The Balaban J connectivity index is 1.85. The third kappa shape index (κ3) is 4.57. The van der Waals surface area contributed by atoms with E-state index in [0.29, 0.717) is 25.8 Å². The van der Waals surface area contributed by atoms with Crippen molar-refractivity contribution in [2.75, 3.05) is 26.8 Å². The Morgan fingerprint density at radius 2 is 2.12 bits per heavy atom. The van der Waals surface area contributed by atoms with Gasteiger partial charge in [-0.1, -0.05) is 12.1 Å². The van der Waals surface area contributed by atoms with Crippen LogP contribution in [0.3, 0.4) is 0 Å². The topological polar surface area (TPSA) is 72.9 Å². The van der Waals surface area contributed by atoms with E-state index in [1.807, 2.05) is 24.3 Å². The Morgan fingerprint density at radius 1 is 1.33 bits per heavy atom. The van der Waals surface area contributed by atoms with E-state index in [9.17, 15) is 14.4 Å². The van der Waals surface area contributed by atoms with Crippen LogP contribution >= 0.6 is 0 Å². The van der Waals surface area contributed by atoms with Crippen molar-refractivity contribution in [1.82, 2.24) is 4.90 Å². The summed E-state index contributed by atoms with van der Waals surface area (Å²) in [5.41, 5.74) is 1.01. The van der Waals surface area contributed by atoms with Crippen molar-refractivity contribution >= 4 is 17.7 Å². The van der Waals surface area contributed by atoms with Gasteiger partial charge in [-0.15, -0.1) is 0 Å². The molecule has 1 aromatic rings. The van der Waals surface area contributed by atoms with E-state index < -0.39 is 11.9 Å². The lowest BCUT2D eigenvalue weighted by atomic mass is 9.95. The molecule has 0 spiro atoms. The molecular weight excluding hydrogens is 310 g/mol. The summed E-state index contributed by atoms with van der Waals surface area (Å²) in [6.45, 7) is 2.36. The van der Waals surface area contributed by atoms with E-state index in [0.717, 1.165) is 11.3 Å². The van der Waals surface area contributed by atoms with Gasteiger partial charge in [0.2, 0.25) is 5.91 Å². The maximum Gasteiger partial charge on any atom is 0.316 e. The van der Waals surface area contributed by atoms with Crippen LogP contribution in [-0.2, 0) is 25.5 Å². The molecule has 1 heterocycles. The van der Waals surface area contributed by atoms with Gasteiger partial charge >= 0.3 is 5.97 Å². The average Bonchev–Trinajstić information content (AvgIpc) is 2.59. The average molecular weight is 333 g/mol. The molecule has 6 nitrogen and oxygen atoms in total. The maximum atomic E-state index is 12.3. The fourth-order valence-electron chi connectivity index (χ4n) is 2.77. The number of esters is 1. The molecule has 6 heteroatoms. The van der Waals surface area contributed by atoms with Crippen LogP contribution in [0.2, 0.25) is 0 Å². The van der Waals surface area contributed by atoms with Crippen molar-refractivity contribution in [2.24, 2.45) is 5.92 Å². The van der Waals surface area contributed by atoms with Gasteiger partial charge in [0.05, 0.1) is 20.3 Å². The molecule has 0 bridgehead atoms. The number of rotatable bonds is 6. The second-order valence-electron chi connectivity index (χ2n) is 5.73. The second-order valence-corrected chi connectivity index (χ2v) is 5.73. The van der Waals surface area contributed by atoms with Gasteiger partial charge in [0.1, 0.15) is 11.7 Å². The normalized spacial score (nSPS) is 17.5. The van der Waals surface area contributed by atoms with E-state index in [1.54, 1.807) is 14.0 Å². The highest BCUT2D eigenvalue weighted by Crippen LogP contribution is 2.18. The summed E-state index contributed by atoms with van der Waals surface area (Å²) in [5.74, 6) is -0.772. The molecule has 24 heavy (non-hydrogen) atoms. The van der Waals surface area contributed by atoms with Crippen LogP contribution in [0.4, 0.5) is 0 Å². The highest BCUT2D eigenvalue weighted by atomic mass is 16.5. The molecular formula is C18H23NO5. The number of methoxy groups -OCH3 is 1. The number of ether oxygens (including phenoxy) is 2. The molecule has 1 saturated heterocycles. The van der Waals surface area contributed by atoms with Crippen LogP contribution in [0.5, 0.6) is 5.75 Å². The number of likely N-dealkylation sites (tertiary alicyclic amines) is 1. The zero-order valence-electron chi connectivity index (χ0n) is 14.1. The van der Waals surface area contributed by atoms with Gasteiger partial charge in [0, 0.05) is 13.0 Å². The van der Waals surface area contributed by atoms with Crippen LogP contribution < -0.4 is 4.74 Å². The number of piperidine rings is 1. The minimum Gasteiger partial charge on any atom is -0.497 e. The first-order valence-electron chi connectivity index (χ1n) is 8.15. The smallest absolute Gasteiger partial charge is 0.316 e. The molecule has 0 N–H and O–H groups in total. The molecule has 1 aromatic carbocycles. The fraction of sp³-hybridized carbons (Fsp3) is 0.500. The number of amides is 1. The molecule has 0 radical (unpaired) electrons. The van der Waals surface area contributed by atoms with E-state index in [2.05, 4.69) is 0 Å².